The molecule has 0 aliphatic heterocycles. The van der Waals surface area contributed by atoms with Crippen LogP contribution in [-0.2, 0) is 0 Å². The molecule has 0 amide bonds. The van der Waals surface area contributed by atoms with E-state index < -0.39 is 0 Å². The molecule has 0 radical (unpaired) electrons. The molecule has 0 heterocycles. The van der Waals surface area contributed by atoms with Crippen LogP contribution in [-0.4, -0.2) is 11.1 Å². The number of nitrogens with one attached hydrogen (secondary N) is 1. The van der Waals surface area contributed by atoms with E-state index in [1.54, 1.807) is 6.07 Å². The maximum atomic E-state index is 9.86. The van der Waals surface area contributed by atoms with Crippen molar-refractivity contribution in [2.24, 2.45) is 5.92 Å². The Kier molecular flexibility index (Phi) is 3.55. The van der Waals surface area contributed by atoms with Gasteiger partial charge in [-0.15, -0.1) is 0 Å². The summed E-state index contributed by atoms with van der Waals surface area (Å²) >= 11 is 3.35. The fourth-order valence-corrected chi connectivity index (χ4v) is 2.45. The van der Waals surface area contributed by atoms with Crippen molar-refractivity contribution in [3.63, 3.8) is 0 Å². The summed E-state index contributed by atoms with van der Waals surface area (Å²) in [4.78, 5) is 0. The first-order valence-corrected chi connectivity index (χ1v) is 6.61. The summed E-state index contributed by atoms with van der Waals surface area (Å²) in [6.45, 7) is 4.33. The molecule has 1 aromatic carbocycles. The van der Waals surface area contributed by atoms with Gasteiger partial charge >= 0.3 is 0 Å². The van der Waals surface area contributed by atoms with Gasteiger partial charge in [-0.3, -0.25) is 0 Å². The highest BCUT2D eigenvalue weighted by molar-refractivity contribution is 9.10. The molecule has 2 nitrogen and oxygen atoms in total. The summed E-state index contributed by atoms with van der Waals surface area (Å²) in [6, 6.07) is 6.42. The molecular weight excluding hydrogens is 266 g/mol. The minimum Gasteiger partial charge on any atom is -0.508 e. The van der Waals surface area contributed by atoms with Gasteiger partial charge < -0.3 is 10.4 Å². The number of phenols is 1. The second kappa shape index (κ2) is 4.76. The van der Waals surface area contributed by atoms with Crippen molar-refractivity contribution in [1.29, 1.82) is 0 Å². The molecule has 0 saturated heterocycles. The SMILES string of the molecule is CC(NC(C)C1CC1)c1ccc(Br)cc1O. The van der Waals surface area contributed by atoms with E-state index in [0.717, 1.165) is 16.0 Å². The van der Waals surface area contributed by atoms with Crippen molar-refractivity contribution in [2.75, 3.05) is 0 Å². The van der Waals surface area contributed by atoms with Crippen LogP contribution in [0.1, 0.15) is 38.3 Å². The third-order valence-corrected chi connectivity index (χ3v) is 3.79. The fraction of sp³-hybridized carbons (Fsp3) is 0.538. The average molecular weight is 284 g/mol. The first-order chi connectivity index (χ1) is 7.58. The summed E-state index contributed by atoms with van der Waals surface area (Å²) < 4.78 is 0.913. The topological polar surface area (TPSA) is 32.3 Å². The number of hydrogen-bond donors (Lipinski definition) is 2. The smallest absolute Gasteiger partial charge is 0.121 e. The Morgan fingerprint density at radius 3 is 2.62 bits per heavy atom. The Morgan fingerprint density at radius 2 is 2.06 bits per heavy atom. The predicted octanol–water partition coefficient (Wildman–Crippen LogP) is 3.60. The normalized spacial score (nSPS) is 19.4. The van der Waals surface area contributed by atoms with E-state index in [-0.39, 0.29) is 6.04 Å². The lowest BCUT2D eigenvalue weighted by Crippen LogP contribution is -2.30. The van der Waals surface area contributed by atoms with Gasteiger partial charge in [0.05, 0.1) is 0 Å². The lowest BCUT2D eigenvalue weighted by Gasteiger charge is -2.21. The van der Waals surface area contributed by atoms with Gasteiger partial charge in [0.1, 0.15) is 5.75 Å². The number of aromatic hydroxyl groups is 1. The molecule has 2 atom stereocenters. The summed E-state index contributed by atoms with van der Waals surface area (Å²) in [5.74, 6) is 1.19. The van der Waals surface area contributed by atoms with E-state index in [9.17, 15) is 5.11 Å². The van der Waals surface area contributed by atoms with Crippen LogP contribution < -0.4 is 5.32 Å². The van der Waals surface area contributed by atoms with E-state index in [0.29, 0.717) is 11.8 Å². The minimum absolute atomic E-state index is 0.198. The van der Waals surface area contributed by atoms with Gasteiger partial charge in [0, 0.05) is 22.1 Å². The molecule has 1 fully saturated rings. The van der Waals surface area contributed by atoms with E-state index >= 15 is 0 Å². The molecule has 0 spiro atoms. The van der Waals surface area contributed by atoms with Crippen LogP contribution in [0.3, 0.4) is 0 Å². The third-order valence-electron chi connectivity index (χ3n) is 3.30. The first-order valence-electron chi connectivity index (χ1n) is 5.82. The zero-order valence-electron chi connectivity index (χ0n) is 9.70. The number of benzene rings is 1. The highest BCUT2D eigenvalue weighted by atomic mass is 79.9. The molecule has 1 aromatic rings. The van der Waals surface area contributed by atoms with Crippen LogP contribution in [0.4, 0.5) is 0 Å². The quantitative estimate of drug-likeness (QED) is 0.885. The van der Waals surface area contributed by atoms with Gasteiger partial charge in [0.15, 0.2) is 0 Å². The second-order valence-corrected chi connectivity index (χ2v) is 5.63. The van der Waals surface area contributed by atoms with Gasteiger partial charge in [-0.2, -0.15) is 0 Å². The molecule has 0 bridgehead atoms. The van der Waals surface area contributed by atoms with Crippen LogP contribution in [0.25, 0.3) is 0 Å². The Hall–Kier alpha value is -0.540. The molecule has 16 heavy (non-hydrogen) atoms. The Morgan fingerprint density at radius 1 is 1.38 bits per heavy atom. The van der Waals surface area contributed by atoms with E-state index in [4.69, 9.17) is 0 Å². The molecule has 2 unspecified atom stereocenters. The lowest BCUT2D eigenvalue weighted by atomic mass is 10.1. The zero-order chi connectivity index (χ0) is 11.7. The summed E-state index contributed by atoms with van der Waals surface area (Å²) in [7, 11) is 0. The maximum Gasteiger partial charge on any atom is 0.121 e. The third kappa shape index (κ3) is 2.77. The van der Waals surface area contributed by atoms with Crippen LogP contribution >= 0.6 is 15.9 Å². The van der Waals surface area contributed by atoms with Crippen LogP contribution in [0.15, 0.2) is 22.7 Å². The standard InChI is InChI=1S/C13H18BrNO/c1-8(10-3-4-10)15-9(2)12-6-5-11(14)7-13(12)16/h5-10,15-16H,3-4H2,1-2H3. The highest BCUT2D eigenvalue weighted by Crippen LogP contribution is 2.34. The van der Waals surface area contributed by atoms with Crippen LogP contribution in [0, 0.1) is 5.92 Å². The number of rotatable bonds is 4. The van der Waals surface area contributed by atoms with E-state index in [2.05, 4.69) is 35.1 Å². The lowest BCUT2D eigenvalue weighted by molar-refractivity contribution is 0.416. The molecule has 1 saturated carbocycles. The number of hydrogen-bond acceptors (Lipinski definition) is 2. The molecule has 2 rings (SSSR count). The molecule has 0 aromatic heterocycles. The molecule has 2 N–H and O–H groups in total. The van der Waals surface area contributed by atoms with Crippen molar-refractivity contribution in [1.82, 2.24) is 5.32 Å². The van der Waals surface area contributed by atoms with Gasteiger partial charge in [-0.05, 0) is 44.7 Å². The number of phenolic OH excluding ortho intramolecular Hbond substituents is 1. The zero-order valence-corrected chi connectivity index (χ0v) is 11.3. The Labute approximate surface area is 105 Å². The molecule has 1 aliphatic carbocycles. The first kappa shape index (κ1) is 11.9. The largest absolute Gasteiger partial charge is 0.508 e. The predicted molar refractivity (Wildman–Crippen MR) is 69.5 cm³/mol. The van der Waals surface area contributed by atoms with Gasteiger partial charge in [0.2, 0.25) is 0 Å². The van der Waals surface area contributed by atoms with Crippen LogP contribution in [0.5, 0.6) is 5.75 Å². The van der Waals surface area contributed by atoms with Crippen molar-refractivity contribution < 1.29 is 5.11 Å². The maximum absolute atomic E-state index is 9.86. The van der Waals surface area contributed by atoms with E-state index in [1.165, 1.54) is 12.8 Å². The van der Waals surface area contributed by atoms with Crippen molar-refractivity contribution in [2.45, 2.75) is 38.8 Å². The summed E-state index contributed by atoms with van der Waals surface area (Å²) in [5, 5.41) is 13.4. The molecule has 1 aliphatic rings. The van der Waals surface area contributed by atoms with E-state index in [1.807, 2.05) is 12.1 Å². The van der Waals surface area contributed by atoms with Crippen LogP contribution in [0.2, 0.25) is 0 Å². The second-order valence-electron chi connectivity index (χ2n) is 4.72. The highest BCUT2D eigenvalue weighted by Gasteiger charge is 2.29. The minimum atomic E-state index is 0.198. The van der Waals surface area contributed by atoms with Crippen molar-refractivity contribution in [3.05, 3.63) is 28.2 Å². The Bertz CT molecular complexity index is 376. The van der Waals surface area contributed by atoms with Gasteiger partial charge in [0.25, 0.3) is 0 Å². The summed E-state index contributed by atoms with van der Waals surface area (Å²) in [5.41, 5.74) is 0.968. The Balaban J connectivity index is 2.04. The molecular formula is C13H18BrNO. The van der Waals surface area contributed by atoms with Gasteiger partial charge in [-0.25, -0.2) is 0 Å². The average Bonchev–Trinajstić information content (AvgIpc) is 2.99. The van der Waals surface area contributed by atoms with Crippen molar-refractivity contribution in [3.8, 4) is 5.75 Å². The van der Waals surface area contributed by atoms with Crippen molar-refractivity contribution >= 4 is 15.9 Å². The summed E-state index contributed by atoms with van der Waals surface area (Å²) in [6.07, 6.45) is 2.68. The van der Waals surface area contributed by atoms with Gasteiger partial charge in [-0.1, -0.05) is 22.0 Å². The monoisotopic (exact) mass is 283 g/mol. The molecule has 88 valence electrons. The molecule has 3 heteroatoms. The fourth-order valence-electron chi connectivity index (χ4n) is 2.10. The number of halogens is 1.